The lowest BCUT2D eigenvalue weighted by atomic mass is 9.81. The molecule has 13 heavy (non-hydrogen) atoms. The summed E-state index contributed by atoms with van der Waals surface area (Å²) in [6, 6.07) is 0. The molecule has 2 atom stereocenters. The van der Waals surface area contributed by atoms with Crippen LogP contribution in [0.5, 0.6) is 0 Å². The van der Waals surface area contributed by atoms with Gasteiger partial charge in [0.15, 0.2) is 0 Å². The van der Waals surface area contributed by atoms with E-state index in [9.17, 15) is 9.59 Å². The predicted octanol–water partition coefficient (Wildman–Crippen LogP) is -1.82. The van der Waals surface area contributed by atoms with Crippen LogP contribution < -0.4 is 11.5 Å². The minimum absolute atomic E-state index is 0.0944. The highest BCUT2D eigenvalue weighted by atomic mass is 28.1. The monoisotopic (exact) mass is 198 g/mol. The van der Waals surface area contributed by atoms with E-state index in [1.807, 2.05) is 0 Å². The van der Waals surface area contributed by atoms with Crippen molar-refractivity contribution in [1.82, 2.24) is 0 Å². The average molecular weight is 198 g/mol. The van der Waals surface area contributed by atoms with Gasteiger partial charge >= 0.3 is 0 Å². The molecule has 0 saturated heterocycles. The zero-order valence-corrected chi connectivity index (χ0v) is 8.87. The van der Waals surface area contributed by atoms with E-state index in [0.717, 1.165) is 5.17 Å². The van der Waals surface area contributed by atoms with Crippen LogP contribution in [0, 0.1) is 11.8 Å². The molecule has 0 aromatic carbocycles. The summed E-state index contributed by atoms with van der Waals surface area (Å²) in [5.41, 5.74) is 10.4. The summed E-state index contributed by atoms with van der Waals surface area (Å²) in [5, 5.41) is 1.02. The molecule has 2 unspecified atom stereocenters. The van der Waals surface area contributed by atoms with Crippen molar-refractivity contribution < 1.29 is 9.59 Å². The standard InChI is InChI=1S/C8H14N2O2Si/c9-7(11)4-1-2-5(8(10)12)6(13)3-4/h4-5H,1-3,13H2,(H2,9,11)(H2,10,12). The van der Waals surface area contributed by atoms with Gasteiger partial charge in [-0.25, -0.2) is 0 Å². The molecule has 5 heteroatoms. The highest BCUT2D eigenvalue weighted by Gasteiger charge is 2.29. The van der Waals surface area contributed by atoms with Gasteiger partial charge < -0.3 is 11.5 Å². The summed E-state index contributed by atoms with van der Waals surface area (Å²) in [4.78, 5) is 21.8. The summed E-state index contributed by atoms with van der Waals surface area (Å²) < 4.78 is 0. The van der Waals surface area contributed by atoms with E-state index in [0.29, 0.717) is 19.3 Å². The van der Waals surface area contributed by atoms with E-state index >= 15 is 0 Å². The zero-order valence-electron chi connectivity index (χ0n) is 7.45. The number of nitrogens with two attached hydrogens (primary N) is 2. The number of hydrogen-bond acceptors (Lipinski definition) is 2. The van der Waals surface area contributed by atoms with Crippen LogP contribution in [0.3, 0.4) is 0 Å². The van der Waals surface area contributed by atoms with Crippen molar-refractivity contribution in [3.05, 3.63) is 0 Å². The maximum Gasteiger partial charge on any atom is 0.224 e. The van der Waals surface area contributed by atoms with Crippen LogP contribution in [0.1, 0.15) is 19.3 Å². The number of amides is 2. The molecular formula is C8H14N2O2Si. The fourth-order valence-electron chi connectivity index (χ4n) is 1.72. The van der Waals surface area contributed by atoms with E-state index in [4.69, 9.17) is 11.5 Å². The van der Waals surface area contributed by atoms with E-state index < -0.39 is 0 Å². The molecule has 1 fully saturated rings. The lowest BCUT2D eigenvalue weighted by Crippen LogP contribution is -2.39. The fourth-order valence-corrected chi connectivity index (χ4v) is 2.47. The fraction of sp³-hybridized carbons (Fsp3) is 0.625. The quantitative estimate of drug-likeness (QED) is 0.512. The van der Waals surface area contributed by atoms with Gasteiger partial charge in [0.25, 0.3) is 0 Å². The van der Waals surface area contributed by atoms with Crippen LogP contribution in [0.25, 0.3) is 0 Å². The second-order valence-corrected chi connectivity index (χ2v) is 4.40. The maximum absolute atomic E-state index is 10.9. The summed E-state index contributed by atoms with van der Waals surface area (Å²) in [5.74, 6) is -0.794. The normalized spacial score (nSPS) is 28.5. The third kappa shape index (κ3) is 2.24. The third-order valence-corrected chi connectivity index (χ3v) is 3.33. The number of rotatable bonds is 2. The number of primary amides is 2. The van der Waals surface area contributed by atoms with Gasteiger partial charge in [0, 0.05) is 5.92 Å². The van der Waals surface area contributed by atoms with Gasteiger partial charge in [0.05, 0.1) is 5.92 Å². The SMILES string of the molecule is NC(=O)C1CCC(C(N)=O)C(=[SiH2])C1. The van der Waals surface area contributed by atoms with Crippen molar-refractivity contribution in [2.24, 2.45) is 23.3 Å². The number of carbonyl (C=O) groups is 2. The van der Waals surface area contributed by atoms with Gasteiger partial charge in [-0.05, 0) is 29.1 Å². The van der Waals surface area contributed by atoms with E-state index in [2.05, 4.69) is 0 Å². The molecule has 1 aliphatic carbocycles. The molecule has 4 nitrogen and oxygen atoms in total. The minimum Gasteiger partial charge on any atom is -0.369 e. The van der Waals surface area contributed by atoms with Crippen molar-refractivity contribution in [1.29, 1.82) is 0 Å². The molecule has 0 aliphatic heterocycles. The lowest BCUT2D eigenvalue weighted by molar-refractivity contribution is -0.124. The lowest BCUT2D eigenvalue weighted by Gasteiger charge is -2.26. The topological polar surface area (TPSA) is 86.2 Å². The Labute approximate surface area is 79.7 Å². The van der Waals surface area contributed by atoms with Crippen molar-refractivity contribution in [2.45, 2.75) is 19.3 Å². The first-order valence-corrected chi connectivity index (χ1v) is 4.99. The van der Waals surface area contributed by atoms with E-state index in [1.54, 1.807) is 9.85 Å². The predicted molar refractivity (Wildman–Crippen MR) is 52.8 cm³/mol. The van der Waals surface area contributed by atoms with Crippen LogP contribution in [0.15, 0.2) is 0 Å². The van der Waals surface area contributed by atoms with Crippen LogP contribution in [-0.4, -0.2) is 26.8 Å². The molecule has 0 heterocycles. The highest BCUT2D eigenvalue weighted by molar-refractivity contribution is 6.41. The molecule has 1 rings (SSSR count). The van der Waals surface area contributed by atoms with Crippen LogP contribution in [-0.2, 0) is 9.59 Å². The summed E-state index contributed by atoms with van der Waals surface area (Å²) in [6.45, 7) is 0. The number of hydrogen-bond donors (Lipinski definition) is 2. The summed E-state index contributed by atoms with van der Waals surface area (Å²) >= 11 is 0. The molecule has 1 saturated carbocycles. The van der Waals surface area contributed by atoms with Crippen LogP contribution in [0.4, 0.5) is 0 Å². The van der Waals surface area contributed by atoms with Crippen molar-refractivity contribution in [3.63, 3.8) is 0 Å². The first-order valence-electron chi connectivity index (χ1n) is 4.28. The molecule has 4 N–H and O–H groups in total. The Hall–Kier alpha value is -0.973. The van der Waals surface area contributed by atoms with Crippen LogP contribution >= 0.6 is 0 Å². The minimum atomic E-state index is -0.284. The van der Waals surface area contributed by atoms with Gasteiger partial charge in [0.1, 0.15) is 0 Å². The summed E-state index contributed by atoms with van der Waals surface area (Å²) in [7, 11) is 1.66. The molecular weight excluding hydrogens is 184 g/mol. The Morgan fingerprint density at radius 3 is 2.23 bits per heavy atom. The molecule has 0 aromatic rings. The molecule has 0 spiro atoms. The Bertz CT molecular complexity index is 265. The second kappa shape index (κ2) is 3.82. The summed E-state index contributed by atoms with van der Waals surface area (Å²) in [6.07, 6.45) is 1.98. The van der Waals surface area contributed by atoms with E-state index in [-0.39, 0.29) is 23.7 Å². The van der Waals surface area contributed by atoms with E-state index in [1.165, 1.54) is 0 Å². The largest absolute Gasteiger partial charge is 0.369 e. The van der Waals surface area contributed by atoms with Crippen molar-refractivity contribution in [3.8, 4) is 0 Å². The smallest absolute Gasteiger partial charge is 0.224 e. The molecule has 0 aromatic heterocycles. The Balaban J connectivity index is 2.62. The average Bonchev–Trinajstić information content (AvgIpc) is 2.03. The first-order chi connectivity index (χ1) is 6.02. The molecule has 72 valence electrons. The van der Waals surface area contributed by atoms with Gasteiger partial charge in [-0.15, -0.1) is 0 Å². The Morgan fingerprint density at radius 1 is 1.23 bits per heavy atom. The molecule has 2 amide bonds. The number of carbonyl (C=O) groups excluding carboxylic acids is 2. The first kappa shape index (κ1) is 10.1. The molecule has 1 aliphatic rings. The van der Waals surface area contributed by atoms with Crippen molar-refractivity contribution in [2.75, 3.05) is 0 Å². The Kier molecular flexibility index (Phi) is 2.97. The molecule has 0 radical (unpaired) electrons. The van der Waals surface area contributed by atoms with Gasteiger partial charge in [-0.1, -0.05) is 5.17 Å². The van der Waals surface area contributed by atoms with Crippen LogP contribution in [0.2, 0.25) is 0 Å². The Morgan fingerprint density at radius 2 is 1.85 bits per heavy atom. The molecule has 0 bridgehead atoms. The van der Waals surface area contributed by atoms with Gasteiger partial charge in [-0.2, -0.15) is 0 Å². The van der Waals surface area contributed by atoms with Crippen molar-refractivity contribution >= 4 is 26.8 Å². The van der Waals surface area contributed by atoms with Gasteiger partial charge in [-0.3, -0.25) is 9.59 Å². The second-order valence-electron chi connectivity index (χ2n) is 3.49. The maximum atomic E-state index is 10.9. The zero-order chi connectivity index (χ0) is 10.0. The van der Waals surface area contributed by atoms with Gasteiger partial charge in [0.2, 0.25) is 11.8 Å². The third-order valence-electron chi connectivity index (χ3n) is 2.55. The highest BCUT2D eigenvalue weighted by Crippen LogP contribution is 2.25.